The fourth-order valence-electron chi connectivity index (χ4n) is 3.34. The predicted octanol–water partition coefficient (Wildman–Crippen LogP) is 2.73. The topological polar surface area (TPSA) is 60.6 Å². The number of H-pyrrole nitrogens is 2. The average Bonchev–Trinajstić information content (AvgIpc) is 3.21. The van der Waals surface area contributed by atoms with Crippen LogP contribution in [0.25, 0.3) is 0 Å². The molecule has 0 bridgehead atoms. The molecule has 1 aliphatic rings. The molecule has 0 saturated carbocycles. The fourth-order valence-corrected chi connectivity index (χ4v) is 3.34. The molecular formula is C17H18FN5. The minimum atomic E-state index is -0.178. The molecule has 5 nitrogen and oxygen atoms in total. The lowest BCUT2D eigenvalue weighted by Crippen LogP contribution is -2.36. The van der Waals surface area contributed by atoms with E-state index in [-0.39, 0.29) is 11.9 Å². The maximum absolute atomic E-state index is 14.1. The fraction of sp³-hybridized carbons (Fsp3) is 0.294. The highest BCUT2D eigenvalue weighted by Gasteiger charge is 2.32. The minimum Gasteiger partial charge on any atom is -0.348 e. The van der Waals surface area contributed by atoms with Gasteiger partial charge in [0.2, 0.25) is 0 Å². The number of nitrogens with one attached hydrogen (secondary N) is 2. The second-order valence-corrected chi connectivity index (χ2v) is 5.88. The van der Waals surface area contributed by atoms with Crippen LogP contribution in [-0.4, -0.2) is 31.4 Å². The first-order valence-electron chi connectivity index (χ1n) is 7.73. The zero-order chi connectivity index (χ0) is 15.8. The van der Waals surface area contributed by atoms with Crippen molar-refractivity contribution in [3.05, 3.63) is 71.1 Å². The third kappa shape index (κ3) is 2.45. The summed E-state index contributed by atoms with van der Waals surface area (Å²) in [7, 11) is 0. The second-order valence-electron chi connectivity index (χ2n) is 5.88. The summed E-state index contributed by atoms with van der Waals surface area (Å²) in [5.41, 5.74) is 3.76. The molecule has 23 heavy (non-hydrogen) atoms. The van der Waals surface area contributed by atoms with Crippen LogP contribution in [0.3, 0.4) is 0 Å². The third-order valence-corrected chi connectivity index (χ3v) is 4.54. The number of hydrogen-bond acceptors (Lipinski definition) is 3. The summed E-state index contributed by atoms with van der Waals surface area (Å²) in [6.07, 6.45) is 6.20. The highest BCUT2D eigenvalue weighted by Crippen LogP contribution is 2.36. The van der Waals surface area contributed by atoms with Crippen molar-refractivity contribution in [3.8, 4) is 0 Å². The molecule has 118 valence electrons. The van der Waals surface area contributed by atoms with Crippen LogP contribution < -0.4 is 0 Å². The van der Waals surface area contributed by atoms with E-state index in [9.17, 15) is 4.39 Å². The van der Waals surface area contributed by atoms with Crippen LogP contribution in [0.2, 0.25) is 0 Å². The first-order valence-corrected chi connectivity index (χ1v) is 7.73. The van der Waals surface area contributed by atoms with Gasteiger partial charge in [0.15, 0.2) is 0 Å². The van der Waals surface area contributed by atoms with Gasteiger partial charge in [-0.1, -0.05) is 12.1 Å². The lowest BCUT2D eigenvalue weighted by atomic mass is 9.92. The molecule has 0 radical (unpaired) electrons. The van der Waals surface area contributed by atoms with Crippen LogP contribution in [-0.2, 0) is 13.0 Å². The van der Waals surface area contributed by atoms with E-state index >= 15 is 0 Å². The van der Waals surface area contributed by atoms with Crippen LogP contribution in [0.4, 0.5) is 4.39 Å². The summed E-state index contributed by atoms with van der Waals surface area (Å²) < 4.78 is 14.1. The van der Waals surface area contributed by atoms with Gasteiger partial charge in [-0.3, -0.25) is 4.90 Å². The van der Waals surface area contributed by atoms with E-state index in [1.165, 1.54) is 6.07 Å². The molecule has 0 fully saturated rings. The number of benzene rings is 1. The quantitative estimate of drug-likeness (QED) is 0.782. The van der Waals surface area contributed by atoms with Gasteiger partial charge in [-0.25, -0.2) is 14.4 Å². The summed E-state index contributed by atoms with van der Waals surface area (Å²) in [6.45, 7) is 3.38. The molecule has 3 heterocycles. The Hall–Kier alpha value is -2.47. The summed E-state index contributed by atoms with van der Waals surface area (Å²) in [5, 5.41) is 0. The van der Waals surface area contributed by atoms with Crippen LogP contribution in [0.1, 0.15) is 34.4 Å². The van der Waals surface area contributed by atoms with E-state index in [0.717, 1.165) is 35.7 Å². The van der Waals surface area contributed by atoms with Crippen LogP contribution in [0.5, 0.6) is 0 Å². The number of nitrogens with zero attached hydrogens (tertiary/aromatic N) is 3. The van der Waals surface area contributed by atoms with Crippen molar-refractivity contribution in [2.24, 2.45) is 0 Å². The van der Waals surface area contributed by atoms with Crippen LogP contribution >= 0.6 is 0 Å². The molecule has 0 amide bonds. The van der Waals surface area contributed by atoms with E-state index < -0.39 is 0 Å². The lowest BCUT2D eigenvalue weighted by molar-refractivity contribution is 0.195. The molecule has 6 heteroatoms. The molecule has 3 aromatic rings. The van der Waals surface area contributed by atoms with Crippen molar-refractivity contribution in [1.29, 1.82) is 0 Å². The van der Waals surface area contributed by atoms with Gasteiger partial charge in [0.05, 0.1) is 24.6 Å². The molecule has 0 aliphatic carbocycles. The van der Waals surface area contributed by atoms with Gasteiger partial charge < -0.3 is 9.97 Å². The lowest BCUT2D eigenvalue weighted by Gasteiger charge is -2.35. The van der Waals surface area contributed by atoms with Gasteiger partial charge in [-0.05, 0) is 24.1 Å². The largest absolute Gasteiger partial charge is 0.348 e. The van der Waals surface area contributed by atoms with Crippen LogP contribution in [0.15, 0.2) is 36.9 Å². The standard InChI is InChI=1S/C17H18FN5/c1-11-12(3-2-4-13(11)18)17-16-14(21-10-22-16)5-8-23(17)9-15-19-6-7-20-15/h2-4,6-7,10,17H,5,8-9H2,1H3,(H,19,20)(H,21,22). The van der Waals surface area contributed by atoms with E-state index in [0.29, 0.717) is 12.1 Å². The Morgan fingerprint density at radius 3 is 3.04 bits per heavy atom. The number of aromatic nitrogens is 4. The Morgan fingerprint density at radius 2 is 2.22 bits per heavy atom. The normalized spacial score (nSPS) is 18.1. The molecule has 1 aliphatic heterocycles. The first-order chi connectivity index (χ1) is 11.2. The van der Waals surface area contributed by atoms with Gasteiger partial charge in [0.1, 0.15) is 11.6 Å². The molecule has 0 spiro atoms. The zero-order valence-electron chi connectivity index (χ0n) is 12.9. The number of fused-ring (bicyclic) bond motifs is 1. The average molecular weight is 311 g/mol. The Balaban J connectivity index is 1.79. The maximum Gasteiger partial charge on any atom is 0.126 e. The number of imidazole rings is 2. The Labute approximate surface area is 133 Å². The number of aromatic amines is 2. The minimum absolute atomic E-state index is 0.0641. The number of hydrogen-bond donors (Lipinski definition) is 2. The third-order valence-electron chi connectivity index (χ3n) is 4.54. The van der Waals surface area contributed by atoms with Crippen molar-refractivity contribution in [3.63, 3.8) is 0 Å². The summed E-state index contributed by atoms with van der Waals surface area (Å²) >= 11 is 0. The molecule has 1 atom stereocenters. The van der Waals surface area contributed by atoms with Crippen molar-refractivity contribution >= 4 is 0 Å². The highest BCUT2D eigenvalue weighted by atomic mass is 19.1. The monoisotopic (exact) mass is 311 g/mol. The number of rotatable bonds is 3. The molecule has 1 unspecified atom stereocenters. The van der Waals surface area contributed by atoms with Crippen molar-refractivity contribution in [2.75, 3.05) is 6.54 Å². The Bertz CT molecular complexity index is 808. The van der Waals surface area contributed by atoms with Crippen molar-refractivity contribution in [1.82, 2.24) is 24.8 Å². The van der Waals surface area contributed by atoms with E-state index in [1.807, 2.05) is 19.2 Å². The Morgan fingerprint density at radius 1 is 1.30 bits per heavy atom. The van der Waals surface area contributed by atoms with E-state index in [1.54, 1.807) is 18.6 Å². The predicted molar refractivity (Wildman–Crippen MR) is 84.3 cm³/mol. The summed E-state index contributed by atoms with van der Waals surface area (Å²) in [4.78, 5) is 17.5. The SMILES string of the molecule is Cc1c(F)cccc1C1c2nc[nH]c2CCN1Cc1ncc[nH]1. The van der Waals surface area contributed by atoms with Gasteiger partial charge in [0.25, 0.3) is 0 Å². The van der Waals surface area contributed by atoms with Gasteiger partial charge >= 0.3 is 0 Å². The molecule has 4 rings (SSSR count). The summed E-state index contributed by atoms with van der Waals surface area (Å²) in [6, 6.07) is 5.20. The molecule has 2 aromatic heterocycles. The second kappa shape index (κ2) is 5.62. The Kier molecular flexibility index (Phi) is 3.46. The highest BCUT2D eigenvalue weighted by molar-refractivity contribution is 5.38. The van der Waals surface area contributed by atoms with E-state index in [2.05, 4.69) is 24.8 Å². The zero-order valence-corrected chi connectivity index (χ0v) is 12.9. The molecule has 0 saturated heterocycles. The smallest absolute Gasteiger partial charge is 0.126 e. The molecule has 2 N–H and O–H groups in total. The van der Waals surface area contributed by atoms with Crippen molar-refractivity contribution < 1.29 is 4.39 Å². The summed E-state index contributed by atoms with van der Waals surface area (Å²) in [5.74, 6) is 0.728. The van der Waals surface area contributed by atoms with Gasteiger partial charge in [0, 0.05) is 31.1 Å². The maximum atomic E-state index is 14.1. The molecular weight excluding hydrogens is 293 g/mol. The van der Waals surface area contributed by atoms with E-state index in [4.69, 9.17) is 0 Å². The van der Waals surface area contributed by atoms with Crippen LogP contribution in [0, 0.1) is 12.7 Å². The first kappa shape index (κ1) is 14.1. The van der Waals surface area contributed by atoms with Gasteiger partial charge in [-0.2, -0.15) is 0 Å². The van der Waals surface area contributed by atoms with Crippen molar-refractivity contribution in [2.45, 2.75) is 25.9 Å². The molecule has 1 aromatic carbocycles. The van der Waals surface area contributed by atoms with Gasteiger partial charge in [-0.15, -0.1) is 0 Å². The number of halogens is 1.